The van der Waals surface area contributed by atoms with Gasteiger partial charge in [0.15, 0.2) is 10.7 Å². The lowest BCUT2D eigenvalue weighted by atomic mass is 10.2. The molecule has 0 saturated carbocycles. The summed E-state index contributed by atoms with van der Waals surface area (Å²) in [5.41, 5.74) is 1.33. The zero-order chi connectivity index (χ0) is 18.9. The Morgan fingerprint density at radius 1 is 1.24 bits per heavy atom. The third-order valence-corrected chi connectivity index (χ3v) is 3.10. The molecule has 0 bridgehead atoms. The van der Waals surface area contributed by atoms with Gasteiger partial charge in [0.25, 0.3) is 0 Å². The molecular weight excluding hydrogens is 354 g/mol. The van der Waals surface area contributed by atoms with E-state index in [2.05, 4.69) is 9.88 Å². The van der Waals surface area contributed by atoms with E-state index in [1.165, 1.54) is 0 Å². The Labute approximate surface area is 146 Å². The summed E-state index contributed by atoms with van der Waals surface area (Å²) >= 11 is 0. The Bertz CT molecular complexity index is 689. The van der Waals surface area contributed by atoms with E-state index in [-0.39, 0.29) is 0 Å². The fraction of sp³-hybridized carbons (Fsp3) is 0.571. The Hall–Kier alpha value is -2.13. The summed E-state index contributed by atoms with van der Waals surface area (Å²) in [5.74, 6) is 1.26. The Morgan fingerprint density at radius 2 is 1.76 bits per heavy atom. The SMILES string of the molecule is CCOc1cc(N2CCOCC2)c(OCC)cc1[N+]#N.O=S(=O)([O-])O. The summed E-state index contributed by atoms with van der Waals surface area (Å²) < 4.78 is 49.4. The first-order valence-corrected chi connectivity index (χ1v) is 8.96. The van der Waals surface area contributed by atoms with Gasteiger partial charge in [-0.3, -0.25) is 4.55 Å². The number of ether oxygens (including phenoxy) is 3. The van der Waals surface area contributed by atoms with Gasteiger partial charge in [0.1, 0.15) is 0 Å². The van der Waals surface area contributed by atoms with Gasteiger partial charge in [0.2, 0.25) is 21.5 Å². The summed E-state index contributed by atoms with van der Waals surface area (Å²) in [6.45, 7) is 7.89. The monoisotopic (exact) mass is 375 g/mol. The van der Waals surface area contributed by atoms with Gasteiger partial charge < -0.3 is 23.7 Å². The molecule has 1 N–H and O–H groups in total. The Balaban J connectivity index is 0.000000550. The summed E-state index contributed by atoms with van der Waals surface area (Å²) in [6, 6.07) is 3.58. The molecule has 0 amide bonds. The van der Waals surface area contributed by atoms with Crippen molar-refractivity contribution >= 4 is 21.8 Å². The van der Waals surface area contributed by atoms with Crippen LogP contribution in [-0.2, 0) is 15.1 Å². The van der Waals surface area contributed by atoms with Gasteiger partial charge in [-0.15, -0.1) is 0 Å². The highest BCUT2D eigenvalue weighted by Gasteiger charge is 2.24. The Kier molecular flexibility index (Phi) is 8.36. The number of hydrogen-bond acceptors (Lipinski definition) is 8. The van der Waals surface area contributed by atoms with Crippen LogP contribution in [0.2, 0.25) is 0 Å². The number of rotatable bonds is 5. The molecule has 1 aromatic carbocycles. The average Bonchev–Trinajstić information content (AvgIpc) is 2.55. The van der Waals surface area contributed by atoms with Crippen molar-refractivity contribution in [2.75, 3.05) is 44.4 Å². The van der Waals surface area contributed by atoms with Gasteiger partial charge in [-0.2, -0.15) is 0 Å². The van der Waals surface area contributed by atoms with Crippen molar-refractivity contribution in [2.24, 2.45) is 0 Å². The highest BCUT2D eigenvalue weighted by Crippen LogP contribution is 2.40. The van der Waals surface area contributed by atoms with E-state index in [1.807, 2.05) is 19.9 Å². The molecule has 2 rings (SSSR count). The van der Waals surface area contributed by atoms with Crippen molar-refractivity contribution in [3.05, 3.63) is 17.1 Å². The van der Waals surface area contributed by atoms with E-state index in [9.17, 15) is 0 Å². The minimum absolute atomic E-state index is 0.382. The zero-order valence-corrected chi connectivity index (χ0v) is 14.9. The van der Waals surface area contributed by atoms with Crippen LogP contribution in [0.25, 0.3) is 4.98 Å². The van der Waals surface area contributed by atoms with Gasteiger partial charge in [0.05, 0.1) is 38.2 Å². The number of hydrogen-bond donors (Lipinski definition) is 1. The maximum Gasteiger partial charge on any atom is 0.430 e. The van der Waals surface area contributed by atoms with Crippen molar-refractivity contribution in [2.45, 2.75) is 13.8 Å². The summed E-state index contributed by atoms with van der Waals surface area (Å²) in [7, 11) is -4.92. The molecule has 0 aliphatic carbocycles. The molecule has 0 aromatic heterocycles. The maximum absolute atomic E-state index is 9.09. The van der Waals surface area contributed by atoms with Gasteiger partial charge in [0, 0.05) is 19.2 Å². The first-order valence-electron chi connectivity index (χ1n) is 7.59. The van der Waals surface area contributed by atoms with E-state index in [0.717, 1.165) is 18.8 Å². The molecule has 1 heterocycles. The largest absolute Gasteiger partial charge is 0.726 e. The van der Waals surface area contributed by atoms with Crippen molar-refractivity contribution in [3.63, 3.8) is 0 Å². The van der Waals surface area contributed by atoms with Gasteiger partial charge >= 0.3 is 5.69 Å². The summed E-state index contributed by atoms with van der Waals surface area (Å²) in [6.07, 6.45) is 0. The van der Waals surface area contributed by atoms with Crippen LogP contribution in [0.1, 0.15) is 13.8 Å². The molecule has 0 unspecified atom stereocenters. The summed E-state index contributed by atoms with van der Waals surface area (Å²) in [5, 5.41) is 9.09. The van der Waals surface area contributed by atoms with Crippen LogP contribution in [0, 0.1) is 5.39 Å². The van der Waals surface area contributed by atoms with Crippen LogP contribution in [0.5, 0.6) is 11.5 Å². The molecule has 25 heavy (non-hydrogen) atoms. The maximum atomic E-state index is 9.09. The van der Waals surface area contributed by atoms with Crippen molar-refractivity contribution in [3.8, 4) is 11.5 Å². The van der Waals surface area contributed by atoms with Crippen LogP contribution in [0.4, 0.5) is 11.4 Å². The minimum atomic E-state index is -4.92. The number of anilines is 1. The predicted octanol–water partition coefficient (Wildman–Crippen LogP) is 1.81. The first-order chi connectivity index (χ1) is 11.8. The van der Waals surface area contributed by atoms with Crippen molar-refractivity contribution < 1.29 is 31.7 Å². The van der Waals surface area contributed by atoms with Crippen LogP contribution in [0.3, 0.4) is 0 Å². The second-order valence-corrected chi connectivity index (χ2v) is 5.64. The number of benzene rings is 1. The van der Waals surface area contributed by atoms with Crippen LogP contribution >= 0.6 is 0 Å². The molecule has 0 spiro atoms. The Morgan fingerprint density at radius 3 is 2.24 bits per heavy atom. The van der Waals surface area contributed by atoms with Crippen LogP contribution in [0.15, 0.2) is 12.1 Å². The zero-order valence-electron chi connectivity index (χ0n) is 14.0. The smallest absolute Gasteiger partial charge is 0.430 e. The molecule has 10 nitrogen and oxygen atoms in total. The van der Waals surface area contributed by atoms with Gasteiger partial charge in [-0.25, -0.2) is 8.42 Å². The molecule has 1 saturated heterocycles. The average molecular weight is 375 g/mol. The van der Waals surface area contributed by atoms with E-state index in [4.69, 9.17) is 37.1 Å². The predicted molar refractivity (Wildman–Crippen MR) is 88.9 cm³/mol. The highest BCUT2D eigenvalue weighted by molar-refractivity contribution is 7.79. The summed E-state index contributed by atoms with van der Waals surface area (Å²) in [4.78, 5) is 5.46. The van der Waals surface area contributed by atoms with E-state index < -0.39 is 10.4 Å². The normalized spacial score (nSPS) is 14.1. The topological polar surface area (TPSA) is 137 Å². The number of morpholine rings is 1. The standard InChI is InChI=1S/C14H20N3O3.H2O4S/c1-3-19-13-10-12(17-5-7-18-8-6-17)14(20-4-2)9-11(13)16-15;1-5(2,3)4/h9-10H,3-8H2,1-2H3;(H2,1,2,3,4)/q+1;/p-1. The molecule has 1 aliphatic heterocycles. The molecule has 0 atom stereocenters. The fourth-order valence-corrected chi connectivity index (χ4v) is 2.21. The highest BCUT2D eigenvalue weighted by atomic mass is 32.3. The molecule has 11 heteroatoms. The van der Waals surface area contributed by atoms with E-state index in [0.29, 0.717) is 43.6 Å². The van der Waals surface area contributed by atoms with Crippen molar-refractivity contribution in [1.29, 1.82) is 5.39 Å². The molecule has 0 radical (unpaired) electrons. The molecule has 1 aliphatic rings. The minimum Gasteiger partial charge on any atom is -0.726 e. The third-order valence-electron chi connectivity index (χ3n) is 3.10. The van der Waals surface area contributed by atoms with Gasteiger partial charge in [-0.1, -0.05) is 0 Å². The second-order valence-electron chi connectivity index (χ2n) is 4.78. The van der Waals surface area contributed by atoms with Crippen LogP contribution in [-0.4, -0.2) is 57.0 Å². The second kappa shape index (κ2) is 10.00. The first kappa shape index (κ1) is 20.9. The lowest BCUT2D eigenvalue weighted by molar-refractivity contribution is 0.122. The molecule has 1 aromatic rings. The number of nitrogens with zero attached hydrogens (tertiary/aromatic N) is 3. The molecule has 1 fully saturated rings. The van der Waals surface area contributed by atoms with E-state index in [1.54, 1.807) is 6.07 Å². The van der Waals surface area contributed by atoms with E-state index >= 15 is 0 Å². The quantitative estimate of drug-likeness (QED) is 0.464. The number of diazo groups is 1. The van der Waals surface area contributed by atoms with Gasteiger partial charge in [-0.05, 0) is 13.8 Å². The lowest BCUT2D eigenvalue weighted by Gasteiger charge is -2.30. The lowest BCUT2D eigenvalue weighted by Crippen LogP contribution is -2.36. The molecule has 140 valence electrons. The van der Waals surface area contributed by atoms with Crippen molar-refractivity contribution in [1.82, 2.24) is 0 Å². The van der Waals surface area contributed by atoms with Crippen LogP contribution < -0.4 is 14.4 Å². The molecular formula is C14H21N3O7S. The third kappa shape index (κ3) is 7.53. The fourth-order valence-electron chi connectivity index (χ4n) is 2.21.